The first-order chi connectivity index (χ1) is 16.0. The lowest BCUT2D eigenvalue weighted by Crippen LogP contribution is -2.14. The molecule has 0 aliphatic rings. The van der Waals surface area contributed by atoms with Crippen LogP contribution in [0.3, 0.4) is 0 Å². The van der Waals surface area contributed by atoms with Gasteiger partial charge in [-0.1, -0.05) is 6.07 Å². The van der Waals surface area contributed by atoms with Gasteiger partial charge in [0, 0.05) is 40.8 Å². The van der Waals surface area contributed by atoms with E-state index in [9.17, 15) is 13.6 Å². The van der Waals surface area contributed by atoms with E-state index in [1.54, 1.807) is 24.7 Å². The molecule has 3 aromatic heterocycles. The minimum Gasteiger partial charge on any atom is -0.494 e. The molecule has 3 heterocycles. The van der Waals surface area contributed by atoms with E-state index in [1.807, 2.05) is 22.7 Å². The number of pyridine rings is 1. The van der Waals surface area contributed by atoms with Crippen molar-refractivity contribution in [2.45, 2.75) is 0 Å². The smallest absolute Gasteiger partial charge is 0.258 e. The fraction of sp³-hybridized carbons (Fsp3) is 0.0417. The van der Waals surface area contributed by atoms with Gasteiger partial charge in [-0.15, -0.1) is 12.4 Å². The van der Waals surface area contributed by atoms with Crippen LogP contribution in [0.2, 0.25) is 0 Å². The number of nitrogens with one attached hydrogen (secondary N) is 2. The van der Waals surface area contributed by atoms with Crippen LogP contribution in [-0.4, -0.2) is 32.6 Å². The van der Waals surface area contributed by atoms with Gasteiger partial charge in [0.25, 0.3) is 5.91 Å². The van der Waals surface area contributed by atoms with E-state index < -0.39 is 17.5 Å². The van der Waals surface area contributed by atoms with Crippen LogP contribution in [0.15, 0.2) is 73.3 Å². The third-order valence-electron chi connectivity index (χ3n) is 5.26. The van der Waals surface area contributed by atoms with Crippen molar-refractivity contribution in [2.24, 2.45) is 0 Å². The first-order valence-corrected chi connectivity index (χ1v) is 9.94. The Labute approximate surface area is 198 Å². The van der Waals surface area contributed by atoms with Gasteiger partial charge in [0.1, 0.15) is 11.5 Å². The predicted octanol–water partition coefficient (Wildman–Crippen LogP) is 5.35. The number of hydrogen-bond donors (Lipinski definition) is 2. The molecule has 1 amide bonds. The van der Waals surface area contributed by atoms with Gasteiger partial charge < -0.3 is 10.1 Å². The molecule has 0 unspecified atom stereocenters. The summed E-state index contributed by atoms with van der Waals surface area (Å²) in [6, 6.07) is 12.1. The summed E-state index contributed by atoms with van der Waals surface area (Å²) in [5.41, 5.74) is 3.76. The molecular weight excluding hydrogens is 464 g/mol. The first-order valence-electron chi connectivity index (χ1n) is 9.94. The number of anilines is 1. The average molecular weight is 482 g/mol. The number of benzene rings is 2. The van der Waals surface area contributed by atoms with Crippen LogP contribution in [0.5, 0.6) is 5.75 Å². The second-order valence-corrected chi connectivity index (χ2v) is 7.27. The van der Waals surface area contributed by atoms with Crippen LogP contribution < -0.4 is 10.1 Å². The van der Waals surface area contributed by atoms with Gasteiger partial charge in [0.15, 0.2) is 11.6 Å². The van der Waals surface area contributed by atoms with E-state index in [0.717, 1.165) is 17.2 Å². The highest BCUT2D eigenvalue weighted by molar-refractivity contribution is 6.04. The number of rotatable bonds is 5. The van der Waals surface area contributed by atoms with Crippen LogP contribution in [0, 0.1) is 11.6 Å². The number of carbonyl (C=O) groups is 1. The zero-order chi connectivity index (χ0) is 22.9. The van der Waals surface area contributed by atoms with Crippen molar-refractivity contribution in [3.8, 4) is 28.1 Å². The fourth-order valence-corrected chi connectivity index (χ4v) is 3.57. The number of fused-ring (bicyclic) bond motifs is 1. The van der Waals surface area contributed by atoms with Gasteiger partial charge in [-0.05, 0) is 36.4 Å². The summed E-state index contributed by atoms with van der Waals surface area (Å²) >= 11 is 0. The molecule has 172 valence electrons. The number of imidazole rings is 1. The molecule has 7 nitrogen and oxygen atoms in total. The standard InChI is InChI=1S/C24H17F2N5O2.ClH/c1-33-22-6-4-17(9-20(22)26)30-24(32)18-5-2-14(8-19(18)25)21-12-27-23-7-3-15(13-31(21)23)16-10-28-29-11-16;/h2-13H,1H3,(H,28,29)(H,30,32);1H. The number of ether oxygens (including phenoxy) is 1. The van der Waals surface area contributed by atoms with E-state index >= 15 is 0 Å². The molecule has 2 aromatic carbocycles. The Hall–Kier alpha value is -4.24. The molecule has 5 rings (SSSR count). The van der Waals surface area contributed by atoms with Crippen LogP contribution in [0.25, 0.3) is 28.0 Å². The quantitative estimate of drug-likeness (QED) is 0.354. The number of carbonyl (C=O) groups excluding carboxylic acids is 1. The molecule has 0 saturated heterocycles. The molecule has 0 aliphatic heterocycles. The van der Waals surface area contributed by atoms with E-state index in [0.29, 0.717) is 16.9 Å². The first kappa shape index (κ1) is 22.9. The van der Waals surface area contributed by atoms with Crippen molar-refractivity contribution in [1.29, 1.82) is 0 Å². The number of hydrogen-bond acceptors (Lipinski definition) is 4. The van der Waals surface area contributed by atoms with Gasteiger partial charge in [-0.2, -0.15) is 5.10 Å². The molecule has 0 radical (unpaired) electrons. The maximum Gasteiger partial charge on any atom is 0.258 e. The van der Waals surface area contributed by atoms with Gasteiger partial charge in [0.2, 0.25) is 0 Å². The highest BCUT2D eigenvalue weighted by Crippen LogP contribution is 2.27. The lowest BCUT2D eigenvalue weighted by Gasteiger charge is -2.09. The second kappa shape index (κ2) is 9.32. The molecule has 0 atom stereocenters. The molecule has 2 N–H and O–H groups in total. The minimum absolute atomic E-state index is 0. The topological polar surface area (TPSA) is 84.3 Å². The molecule has 0 aliphatic carbocycles. The minimum atomic E-state index is -0.708. The maximum atomic E-state index is 14.9. The summed E-state index contributed by atoms with van der Waals surface area (Å²) in [6.07, 6.45) is 7.02. The van der Waals surface area contributed by atoms with Gasteiger partial charge >= 0.3 is 0 Å². The third-order valence-corrected chi connectivity index (χ3v) is 5.26. The molecule has 5 aromatic rings. The Morgan fingerprint density at radius 1 is 1.00 bits per heavy atom. The van der Waals surface area contributed by atoms with E-state index in [4.69, 9.17) is 4.74 Å². The van der Waals surface area contributed by atoms with Crippen molar-refractivity contribution in [2.75, 3.05) is 12.4 Å². The van der Waals surface area contributed by atoms with E-state index in [1.165, 1.54) is 31.4 Å². The second-order valence-electron chi connectivity index (χ2n) is 7.27. The lowest BCUT2D eigenvalue weighted by atomic mass is 10.1. The number of nitrogens with zero attached hydrogens (tertiary/aromatic N) is 3. The summed E-state index contributed by atoms with van der Waals surface area (Å²) in [7, 11) is 1.34. The number of amides is 1. The highest BCUT2D eigenvalue weighted by atomic mass is 35.5. The molecule has 0 spiro atoms. The Balaban J connectivity index is 0.00000274. The number of H-pyrrole nitrogens is 1. The van der Waals surface area contributed by atoms with E-state index in [2.05, 4.69) is 20.5 Å². The van der Waals surface area contributed by atoms with Crippen molar-refractivity contribution < 1.29 is 18.3 Å². The monoisotopic (exact) mass is 481 g/mol. The van der Waals surface area contributed by atoms with Crippen LogP contribution >= 0.6 is 12.4 Å². The van der Waals surface area contributed by atoms with Gasteiger partial charge in [0.05, 0.1) is 30.8 Å². The van der Waals surface area contributed by atoms with Crippen molar-refractivity contribution in [3.63, 3.8) is 0 Å². The van der Waals surface area contributed by atoms with Crippen LogP contribution in [0.4, 0.5) is 14.5 Å². The van der Waals surface area contributed by atoms with Gasteiger partial charge in [-0.3, -0.25) is 14.3 Å². The van der Waals surface area contributed by atoms with Crippen LogP contribution in [-0.2, 0) is 0 Å². The van der Waals surface area contributed by atoms with Crippen molar-refractivity contribution >= 4 is 29.6 Å². The lowest BCUT2D eigenvalue weighted by molar-refractivity contribution is 0.102. The number of aromatic amines is 1. The Bertz CT molecular complexity index is 1480. The number of halogens is 3. The average Bonchev–Trinajstić information content (AvgIpc) is 3.49. The highest BCUT2D eigenvalue weighted by Gasteiger charge is 2.16. The van der Waals surface area contributed by atoms with Crippen molar-refractivity contribution in [3.05, 3.63) is 90.5 Å². The third kappa shape index (κ3) is 4.20. The molecule has 0 fully saturated rings. The van der Waals surface area contributed by atoms with Crippen LogP contribution in [0.1, 0.15) is 10.4 Å². The van der Waals surface area contributed by atoms with Gasteiger partial charge in [-0.25, -0.2) is 13.8 Å². The predicted molar refractivity (Wildman–Crippen MR) is 126 cm³/mol. The molecule has 0 bridgehead atoms. The summed E-state index contributed by atoms with van der Waals surface area (Å²) in [6.45, 7) is 0. The summed E-state index contributed by atoms with van der Waals surface area (Å²) in [4.78, 5) is 16.9. The fourth-order valence-electron chi connectivity index (χ4n) is 3.57. The largest absolute Gasteiger partial charge is 0.494 e. The number of methoxy groups -OCH3 is 1. The molecular formula is C24H18ClF2N5O2. The Morgan fingerprint density at radius 2 is 1.82 bits per heavy atom. The number of aromatic nitrogens is 4. The SMILES string of the molecule is COc1ccc(NC(=O)c2ccc(-c3cnc4ccc(-c5cn[nH]c5)cn34)cc2F)cc1F.Cl. The molecule has 0 saturated carbocycles. The summed E-state index contributed by atoms with van der Waals surface area (Å²) in [5.74, 6) is -1.98. The zero-order valence-electron chi connectivity index (χ0n) is 17.8. The van der Waals surface area contributed by atoms with E-state index in [-0.39, 0.29) is 29.4 Å². The zero-order valence-corrected chi connectivity index (χ0v) is 18.6. The molecule has 10 heteroatoms. The summed E-state index contributed by atoms with van der Waals surface area (Å²) < 4.78 is 35.5. The maximum absolute atomic E-state index is 14.9. The Morgan fingerprint density at radius 3 is 2.53 bits per heavy atom. The normalized spacial score (nSPS) is 10.7. The molecule has 34 heavy (non-hydrogen) atoms. The summed E-state index contributed by atoms with van der Waals surface area (Å²) in [5, 5.41) is 9.24. The van der Waals surface area contributed by atoms with Crippen molar-refractivity contribution in [1.82, 2.24) is 19.6 Å². The Kier molecular flexibility index (Phi) is 6.29.